The monoisotopic (exact) mass is 234 g/mol. The van der Waals surface area contributed by atoms with Crippen molar-refractivity contribution in [1.29, 1.82) is 0 Å². The van der Waals surface area contributed by atoms with Crippen LogP contribution >= 0.6 is 23.7 Å². The van der Waals surface area contributed by atoms with Crippen LogP contribution in [0.5, 0.6) is 0 Å². The molecule has 0 aliphatic rings. The second-order valence-electron chi connectivity index (χ2n) is 2.27. The molecule has 1 aromatic rings. The highest BCUT2D eigenvalue weighted by molar-refractivity contribution is 6.19. The van der Waals surface area contributed by atoms with Gasteiger partial charge < -0.3 is 8.58 Å². The van der Waals surface area contributed by atoms with Gasteiger partial charge in [-0.1, -0.05) is 12.1 Å². The quantitative estimate of drug-likeness (QED) is 0.789. The molecule has 6 heteroatoms. The molecule has 0 saturated heterocycles. The maximum atomic E-state index is 11.0. The summed E-state index contributed by atoms with van der Waals surface area (Å²) in [5.74, 6) is -1.69. The van der Waals surface area contributed by atoms with Crippen LogP contribution in [0.1, 0.15) is 20.7 Å². The van der Waals surface area contributed by atoms with Crippen LogP contribution in [0.4, 0.5) is 0 Å². The van der Waals surface area contributed by atoms with E-state index in [4.69, 9.17) is 23.7 Å². The molecule has 0 bridgehead atoms. The Morgan fingerprint density at radius 3 is 1.57 bits per heavy atom. The predicted molar refractivity (Wildman–Crippen MR) is 49.0 cm³/mol. The van der Waals surface area contributed by atoms with Gasteiger partial charge in [0.1, 0.15) is 23.7 Å². The zero-order valence-electron chi connectivity index (χ0n) is 6.70. The molecule has 14 heavy (non-hydrogen) atoms. The lowest BCUT2D eigenvalue weighted by Crippen LogP contribution is -2.08. The molecule has 1 rings (SSSR count). The van der Waals surface area contributed by atoms with E-state index < -0.39 is 11.9 Å². The summed E-state index contributed by atoms with van der Waals surface area (Å²) in [7, 11) is 0. The second kappa shape index (κ2) is 4.83. The lowest BCUT2D eigenvalue weighted by molar-refractivity contribution is 0.0709. The number of carbonyl (C=O) groups excluding carboxylic acids is 2. The third kappa shape index (κ3) is 2.16. The topological polar surface area (TPSA) is 52.6 Å². The van der Waals surface area contributed by atoms with Gasteiger partial charge >= 0.3 is 11.9 Å². The molecule has 0 N–H and O–H groups in total. The smallest absolute Gasteiger partial charge is 0.343 e. The fourth-order valence-electron chi connectivity index (χ4n) is 0.922. The van der Waals surface area contributed by atoms with Gasteiger partial charge in [-0.2, -0.15) is 0 Å². The molecule has 0 aromatic heterocycles. The summed E-state index contributed by atoms with van der Waals surface area (Å²) in [5, 5.41) is 0. The van der Waals surface area contributed by atoms with Crippen molar-refractivity contribution in [2.75, 3.05) is 0 Å². The Bertz CT molecular complexity index is 329. The average molecular weight is 235 g/mol. The third-order valence-electron chi connectivity index (χ3n) is 1.51. The Morgan fingerprint density at radius 2 is 1.29 bits per heavy atom. The molecule has 0 spiro atoms. The maximum Gasteiger partial charge on any atom is 0.357 e. The van der Waals surface area contributed by atoms with E-state index >= 15 is 0 Å². The van der Waals surface area contributed by atoms with Crippen LogP contribution in [0.15, 0.2) is 24.3 Å². The lowest BCUT2D eigenvalue weighted by Gasteiger charge is -2.01. The average Bonchev–Trinajstić information content (AvgIpc) is 2.27. The fraction of sp³-hybridized carbons (Fsp3) is 0. The van der Waals surface area contributed by atoms with Crippen LogP contribution < -0.4 is 0 Å². The van der Waals surface area contributed by atoms with Gasteiger partial charge in [-0.05, 0) is 12.1 Å². The van der Waals surface area contributed by atoms with Crippen molar-refractivity contribution in [2.45, 2.75) is 0 Å². The van der Waals surface area contributed by atoms with E-state index in [0.29, 0.717) is 0 Å². The number of hydrogen-bond donors (Lipinski definition) is 0. The largest absolute Gasteiger partial charge is 0.357 e. The third-order valence-corrected chi connectivity index (χ3v) is 1.79. The first kappa shape index (κ1) is 10.8. The van der Waals surface area contributed by atoms with E-state index in [-0.39, 0.29) is 11.1 Å². The Morgan fingerprint density at radius 1 is 0.929 bits per heavy atom. The summed E-state index contributed by atoms with van der Waals surface area (Å²) >= 11 is 9.74. The molecule has 0 heterocycles. The standard InChI is InChI=1S/C8H4Cl2O4/c9-13-7(11)5-3-1-2-4-6(5)8(12)14-10/h1-4H. The molecular weight excluding hydrogens is 231 g/mol. The zero-order chi connectivity index (χ0) is 10.6. The van der Waals surface area contributed by atoms with Gasteiger partial charge in [-0.15, -0.1) is 0 Å². The highest BCUT2D eigenvalue weighted by atomic mass is 35.5. The molecule has 0 amide bonds. The van der Waals surface area contributed by atoms with E-state index in [1.807, 2.05) is 0 Å². The number of rotatable bonds is 2. The molecule has 0 radical (unpaired) electrons. The summed E-state index contributed by atoms with van der Waals surface area (Å²) in [6.45, 7) is 0. The van der Waals surface area contributed by atoms with Gasteiger partial charge in [0.15, 0.2) is 0 Å². The van der Waals surface area contributed by atoms with E-state index in [9.17, 15) is 9.59 Å². The summed E-state index contributed by atoms with van der Waals surface area (Å²) < 4.78 is 7.91. The van der Waals surface area contributed by atoms with Crippen LogP contribution in [0, 0.1) is 0 Å². The number of benzene rings is 1. The van der Waals surface area contributed by atoms with Crippen molar-refractivity contribution < 1.29 is 18.2 Å². The number of halogens is 2. The lowest BCUT2D eigenvalue weighted by atomic mass is 10.1. The molecule has 74 valence electrons. The first-order valence-electron chi connectivity index (χ1n) is 3.45. The van der Waals surface area contributed by atoms with Gasteiger partial charge in [0.2, 0.25) is 0 Å². The van der Waals surface area contributed by atoms with Crippen molar-refractivity contribution in [3.05, 3.63) is 35.4 Å². The zero-order valence-corrected chi connectivity index (χ0v) is 8.21. The summed E-state index contributed by atoms with van der Waals surface area (Å²) in [6.07, 6.45) is 0. The van der Waals surface area contributed by atoms with Crippen molar-refractivity contribution >= 4 is 35.7 Å². The molecule has 0 saturated carbocycles. The van der Waals surface area contributed by atoms with E-state index in [1.165, 1.54) is 12.1 Å². The van der Waals surface area contributed by atoms with Gasteiger partial charge in [-0.3, -0.25) is 0 Å². The van der Waals surface area contributed by atoms with Gasteiger partial charge in [0, 0.05) is 0 Å². The van der Waals surface area contributed by atoms with Crippen LogP contribution in [0.25, 0.3) is 0 Å². The second-order valence-corrected chi connectivity index (χ2v) is 2.58. The maximum absolute atomic E-state index is 11.0. The molecule has 0 aliphatic heterocycles. The molecule has 1 aromatic carbocycles. The van der Waals surface area contributed by atoms with Gasteiger partial charge in [0.25, 0.3) is 0 Å². The van der Waals surface area contributed by atoms with Crippen molar-refractivity contribution in [2.24, 2.45) is 0 Å². The van der Waals surface area contributed by atoms with Crippen molar-refractivity contribution in [1.82, 2.24) is 0 Å². The molecular formula is C8H4Cl2O4. The molecule has 0 fully saturated rings. The van der Waals surface area contributed by atoms with Crippen LogP contribution in [0.3, 0.4) is 0 Å². The molecule has 0 unspecified atom stereocenters. The minimum Gasteiger partial charge on any atom is -0.343 e. The predicted octanol–water partition coefficient (Wildman–Crippen LogP) is 2.31. The Kier molecular flexibility index (Phi) is 3.73. The normalized spacial score (nSPS) is 9.29. The van der Waals surface area contributed by atoms with E-state index in [0.717, 1.165) is 0 Å². The minimum atomic E-state index is -0.843. The first-order chi connectivity index (χ1) is 6.70. The van der Waals surface area contributed by atoms with Crippen molar-refractivity contribution in [3.8, 4) is 0 Å². The van der Waals surface area contributed by atoms with Crippen LogP contribution in [-0.4, -0.2) is 11.9 Å². The van der Waals surface area contributed by atoms with Gasteiger partial charge in [-0.25, -0.2) is 9.59 Å². The fourth-order valence-corrected chi connectivity index (χ4v) is 1.09. The Hall–Kier alpha value is -1.26. The summed E-state index contributed by atoms with van der Waals surface area (Å²) in [4.78, 5) is 22.1. The SMILES string of the molecule is O=C(OCl)c1ccccc1C(=O)OCl. The Labute approximate surface area is 89.7 Å². The Balaban J connectivity index is 3.15. The van der Waals surface area contributed by atoms with E-state index in [1.54, 1.807) is 12.1 Å². The van der Waals surface area contributed by atoms with Crippen LogP contribution in [0.2, 0.25) is 0 Å². The summed E-state index contributed by atoms with van der Waals surface area (Å²) in [5.41, 5.74) is -0.0127. The molecule has 0 aliphatic carbocycles. The number of hydrogen-bond acceptors (Lipinski definition) is 4. The van der Waals surface area contributed by atoms with E-state index in [2.05, 4.69) is 8.58 Å². The first-order valence-corrected chi connectivity index (χ1v) is 4.07. The van der Waals surface area contributed by atoms with Crippen LogP contribution in [-0.2, 0) is 8.58 Å². The summed E-state index contributed by atoms with van der Waals surface area (Å²) in [6, 6.07) is 5.84. The van der Waals surface area contributed by atoms with Crippen molar-refractivity contribution in [3.63, 3.8) is 0 Å². The molecule has 0 atom stereocenters. The number of carbonyl (C=O) groups is 2. The molecule has 4 nitrogen and oxygen atoms in total. The van der Waals surface area contributed by atoms with Gasteiger partial charge in [0.05, 0.1) is 11.1 Å². The highest BCUT2D eigenvalue weighted by Gasteiger charge is 2.18. The minimum absolute atomic E-state index is 0.00634. The highest BCUT2D eigenvalue weighted by Crippen LogP contribution is 2.13.